The van der Waals surface area contributed by atoms with E-state index in [1.165, 1.54) is 16.4 Å². The van der Waals surface area contributed by atoms with Gasteiger partial charge >= 0.3 is 0 Å². The van der Waals surface area contributed by atoms with E-state index in [2.05, 4.69) is 5.32 Å². The van der Waals surface area contributed by atoms with Gasteiger partial charge in [0.25, 0.3) is 5.91 Å². The molecule has 0 aromatic heterocycles. The molecule has 0 unspecified atom stereocenters. The maximum atomic E-state index is 12.5. The molecule has 0 fully saturated rings. The first kappa shape index (κ1) is 22.2. The van der Waals surface area contributed by atoms with Crippen LogP contribution in [0.2, 0.25) is 5.02 Å². The van der Waals surface area contributed by atoms with Crippen LogP contribution >= 0.6 is 11.6 Å². The minimum absolute atomic E-state index is 0.167. The van der Waals surface area contributed by atoms with E-state index in [1.54, 1.807) is 38.1 Å². The first-order chi connectivity index (χ1) is 13.3. The number of hydrogen-bond acceptors (Lipinski definition) is 4. The van der Waals surface area contributed by atoms with Crippen molar-refractivity contribution in [1.29, 1.82) is 0 Å². The van der Waals surface area contributed by atoms with Crippen LogP contribution in [0, 0.1) is 0 Å². The Morgan fingerprint density at radius 3 is 2.18 bits per heavy atom. The molecule has 1 N–H and O–H groups in total. The molecule has 0 saturated carbocycles. The van der Waals surface area contributed by atoms with Gasteiger partial charge in [-0.15, -0.1) is 0 Å². The number of carbonyl (C=O) groups excluding carboxylic acids is 1. The summed E-state index contributed by atoms with van der Waals surface area (Å²) in [5, 5.41) is 3.48. The van der Waals surface area contributed by atoms with E-state index in [0.29, 0.717) is 23.9 Å². The fourth-order valence-corrected chi connectivity index (χ4v) is 4.27. The average Bonchev–Trinajstić information content (AvgIpc) is 2.68. The Hall–Kier alpha value is -2.09. The summed E-state index contributed by atoms with van der Waals surface area (Å²) in [6.07, 6.45) is 0. The zero-order chi connectivity index (χ0) is 20.7. The van der Waals surface area contributed by atoms with Gasteiger partial charge in [-0.25, -0.2) is 8.42 Å². The van der Waals surface area contributed by atoms with Crippen LogP contribution < -0.4 is 10.1 Å². The van der Waals surface area contributed by atoms with Gasteiger partial charge in [0.15, 0.2) is 6.61 Å². The Kier molecular flexibility index (Phi) is 7.86. The molecule has 28 heavy (non-hydrogen) atoms. The number of hydrogen-bond donors (Lipinski definition) is 1. The molecule has 0 saturated heterocycles. The Labute approximate surface area is 171 Å². The highest BCUT2D eigenvalue weighted by molar-refractivity contribution is 7.89. The molecule has 1 atom stereocenters. The van der Waals surface area contributed by atoms with Gasteiger partial charge in [0, 0.05) is 18.1 Å². The minimum Gasteiger partial charge on any atom is -0.484 e. The third kappa shape index (κ3) is 5.70. The molecule has 0 bridgehead atoms. The second-order valence-corrected chi connectivity index (χ2v) is 8.56. The Morgan fingerprint density at radius 1 is 1.07 bits per heavy atom. The zero-order valence-electron chi connectivity index (χ0n) is 16.2. The molecule has 0 radical (unpaired) electrons. The number of amides is 1. The third-order valence-corrected chi connectivity index (χ3v) is 6.60. The number of nitrogens with zero attached hydrogens (tertiary/aromatic N) is 1. The van der Waals surface area contributed by atoms with Crippen LogP contribution in [0.5, 0.6) is 5.75 Å². The van der Waals surface area contributed by atoms with Crippen molar-refractivity contribution < 1.29 is 17.9 Å². The lowest BCUT2D eigenvalue weighted by molar-refractivity contribution is -0.123. The Bertz CT molecular complexity index is 879. The summed E-state index contributed by atoms with van der Waals surface area (Å²) in [6.45, 7) is 6.10. The number of sulfonamides is 1. The van der Waals surface area contributed by atoms with Crippen molar-refractivity contribution in [2.75, 3.05) is 19.7 Å². The number of carbonyl (C=O) groups is 1. The normalized spacial score (nSPS) is 12.6. The summed E-state index contributed by atoms with van der Waals surface area (Å²) >= 11 is 5.86. The molecule has 8 heteroatoms. The van der Waals surface area contributed by atoms with E-state index in [9.17, 15) is 13.2 Å². The van der Waals surface area contributed by atoms with Crippen molar-refractivity contribution in [3.63, 3.8) is 0 Å². The molecule has 6 nitrogen and oxygen atoms in total. The molecule has 152 valence electrons. The first-order valence-corrected chi connectivity index (χ1v) is 10.9. The van der Waals surface area contributed by atoms with Gasteiger partial charge in [0.05, 0.1) is 10.9 Å². The fourth-order valence-electron chi connectivity index (χ4n) is 2.69. The second-order valence-electron chi connectivity index (χ2n) is 6.19. The van der Waals surface area contributed by atoms with Crippen LogP contribution in [-0.2, 0) is 14.8 Å². The summed E-state index contributed by atoms with van der Waals surface area (Å²) in [7, 11) is -3.51. The van der Waals surface area contributed by atoms with Crippen LogP contribution in [0.15, 0.2) is 53.4 Å². The molecule has 0 aliphatic heterocycles. The van der Waals surface area contributed by atoms with Gasteiger partial charge in [-0.05, 0) is 48.9 Å². The van der Waals surface area contributed by atoms with Gasteiger partial charge in [0.2, 0.25) is 10.0 Å². The van der Waals surface area contributed by atoms with Crippen molar-refractivity contribution in [3.05, 3.63) is 59.1 Å². The van der Waals surface area contributed by atoms with Gasteiger partial charge < -0.3 is 10.1 Å². The zero-order valence-corrected chi connectivity index (χ0v) is 17.8. The van der Waals surface area contributed by atoms with E-state index in [0.717, 1.165) is 5.56 Å². The van der Waals surface area contributed by atoms with Crippen LogP contribution in [0.1, 0.15) is 32.4 Å². The smallest absolute Gasteiger partial charge is 0.258 e. The predicted molar refractivity (Wildman–Crippen MR) is 110 cm³/mol. The van der Waals surface area contributed by atoms with Crippen molar-refractivity contribution in [2.45, 2.75) is 31.7 Å². The second kappa shape index (κ2) is 9.91. The first-order valence-electron chi connectivity index (χ1n) is 9.05. The topological polar surface area (TPSA) is 75.7 Å². The summed E-state index contributed by atoms with van der Waals surface area (Å²) in [5.41, 5.74) is 0.934. The monoisotopic (exact) mass is 424 g/mol. The van der Waals surface area contributed by atoms with Crippen molar-refractivity contribution >= 4 is 27.5 Å². The highest BCUT2D eigenvalue weighted by Crippen LogP contribution is 2.20. The molecule has 2 aromatic rings. The molecule has 0 aliphatic carbocycles. The number of halogens is 1. The highest BCUT2D eigenvalue weighted by atomic mass is 35.5. The quantitative estimate of drug-likeness (QED) is 0.667. The minimum atomic E-state index is -3.51. The summed E-state index contributed by atoms with van der Waals surface area (Å²) in [6, 6.07) is 13.1. The van der Waals surface area contributed by atoms with E-state index in [4.69, 9.17) is 16.3 Å². The predicted octanol–water partition coefficient (Wildman–Crippen LogP) is 3.63. The van der Waals surface area contributed by atoms with Crippen LogP contribution in [0.4, 0.5) is 0 Å². The van der Waals surface area contributed by atoms with Crippen LogP contribution in [0.3, 0.4) is 0 Å². The molecule has 1 amide bonds. The number of rotatable bonds is 9. The maximum absolute atomic E-state index is 12.5. The van der Waals surface area contributed by atoms with E-state index < -0.39 is 10.0 Å². The maximum Gasteiger partial charge on any atom is 0.258 e. The standard InChI is InChI=1S/C20H25ClN2O4S/c1-4-23(5-2)28(25,26)19-12-10-18(11-13-19)27-14-20(24)22-15(3)16-6-8-17(21)9-7-16/h6-13,15H,4-5,14H2,1-3H3,(H,22,24)/t15-/m0/s1. The summed E-state index contributed by atoms with van der Waals surface area (Å²) in [4.78, 5) is 12.3. The van der Waals surface area contributed by atoms with Crippen molar-refractivity contribution in [1.82, 2.24) is 9.62 Å². The fraction of sp³-hybridized carbons (Fsp3) is 0.350. The highest BCUT2D eigenvalue weighted by Gasteiger charge is 2.21. The lowest BCUT2D eigenvalue weighted by atomic mass is 10.1. The third-order valence-electron chi connectivity index (χ3n) is 4.28. The van der Waals surface area contributed by atoms with Gasteiger partial charge in [-0.3, -0.25) is 4.79 Å². The molecular formula is C20H25ClN2O4S. The van der Waals surface area contributed by atoms with E-state index in [-0.39, 0.29) is 23.5 Å². The molecule has 0 heterocycles. The number of ether oxygens (including phenoxy) is 1. The molecule has 2 aromatic carbocycles. The average molecular weight is 425 g/mol. The lowest BCUT2D eigenvalue weighted by Crippen LogP contribution is -2.31. The van der Waals surface area contributed by atoms with Crippen LogP contribution in [-0.4, -0.2) is 38.3 Å². The van der Waals surface area contributed by atoms with Crippen LogP contribution in [0.25, 0.3) is 0 Å². The summed E-state index contributed by atoms with van der Waals surface area (Å²) < 4.78 is 31.8. The van der Waals surface area contributed by atoms with E-state index >= 15 is 0 Å². The molecule has 2 rings (SSSR count). The van der Waals surface area contributed by atoms with Crippen molar-refractivity contribution in [2.24, 2.45) is 0 Å². The Morgan fingerprint density at radius 2 is 1.64 bits per heavy atom. The Balaban J connectivity index is 1.92. The van der Waals surface area contributed by atoms with E-state index in [1.807, 2.05) is 19.1 Å². The largest absolute Gasteiger partial charge is 0.484 e. The molecule has 0 spiro atoms. The lowest BCUT2D eigenvalue weighted by Gasteiger charge is -2.18. The van der Waals surface area contributed by atoms with Gasteiger partial charge in [0.1, 0.15) is 5.75 Å². The molecular weight excluding hydrogens is 400 g/mol. The molecule has 0 aliphatic rings. The van der Waals surface area contributed by atoms with Gasteiger partial charge in [-0.2, -0.15) is 4.31 Å². The van der Waals surface area contributed by atoms with Gasteiger partial charge in [-0.1, -0.05) is 37.6 Å². The summed E-state index contributed by atoms with van der Waals surface area (Å²) in [5.74, 6) is 0.148. The number of benzene rings is 2. The van der Waals surface area contributed by atoms with Crippen molar-refractivity contribution in [3.8, 4) is 5.75 Å². The number of nitrogens with one attached hydrogen (secondary N) is 1. The SMILES string of the molecule is CCN(CC)S(=O)(=O)c1ccc(OCC(=O)N[C@@H](C)c2ccc(Cl)cc2)cc1.